The van der Waals surface area contributed by atoms with Gasteiger partial charge in [-0.3, -0.25) is 4.98 Å². The molecule has 0 spiro atoms. The molecule has 0 saturated carbocycles. The van der Waals surface area contributed by atoms with Crippen molar-refractivity contribution >= 4 is 10.8 Å². The summed E-state index contributed by atoms with van der Waals surface area (Å²) < 4.78 is 27.3. The summed E-state index contributed by atoms with van der Waals surface area (Å²) in [4.78, 5) is 3.89. The van der Waals surface area contributed by atoms with E-state index in [9.17, 15) is 8.78 Å². The number of halogens is 2. The molecule has 0 bridgehead atoms. The van der Waals surface area contributed by atoms with Crippen molar-refractivity contribution in [2.75, 3.05) is 7.05 Å². The van der Waals surface area contributed by atoms with Gasteiger partial charge in [0.2, 0.25) is 0 Å². The number of nitrogens with one attached hydrogen (secondary N) is 1. The Hall–Kier alpha value is -2.33. The van der Waals surface area contributed by atoms with Crippen LogP contribution >= 0.6 is 0 Å². The van der Waals surface area contributed by atoms with Crippen molar-refractivity contribution in [2.24, 2.45) is 0 Å². The highest BCUT2D eigenvalue weighted by atomic mass is 19.1. The molecule has 4 heteroatoms. The van der Waals surface area contributed by atoms with Gasteiger partial charge in [0.05, 0.1) is 12.2 Å². The highest BCUT2D eigenvalue weighted by Crippen LogP contribution is 2.30. The van der Waals surface area contributed by atoms with Gasteiger partial charge in [0.25, 0.3) is 0 Å². The van der Waals surface area contributed by atoms with Crippen LogP contribution in [0.4, 0.5) is 8.78 Å². The summed E-state index contributed by atoms with van der Waals surface area (Å²) >= 11 is 0. The quantitative estimate of drug-likeness (QED) is 0.791. The first-order valence-corrected chi connectivity index (χ1v) is 6.65. The Kier molecular flexibility index (Phi) is 3.62. The predicted molar refractivity (Wildman–Crippen MR) is 79.0 cm³/mol. The minimum Gasteiger partial charge on any atom is -0.309 e. The van der Waals surface area contributed by atoms with Crippen molar-refractivity contribution < 1.29 is 8.78 Å². The van der Waals surface area contributed by atoms with Gasteiger partial charge in [-0.2, -0.15) is 0 Å². The lowest BCUT2D eigenvalue weighted by Crippen LogP contribution is -2.18. The lowest BCUT2D eigenvalue weighted by atomic mass is 9.94. The van der Waals surface area contributed by atoms with E-state index in [0.717, 1.165) is 10.9 Å². The van der Waals surface area contributed by atoms with E-state index in [2.05, 4.69) is 10.3 Å². The summed E-state index contributed by atoms with van der Waals surface area (Å²) in [5.74, 6) is -0.652. The van der Waals surface area contributed by atoms with Crippen molar-refractivity contribution in [1.82, 2.24) is 10.3 Å². The summed E-state index contributed by atoms with van der Waals surface area (Å²) in [7, 11) is 1.79. The van der Waals surface area contributed by atoms with E-state index in [1.807, 2.05) is 12.1 Å². The van der Waals surface area contributed by atoms with Crippen LogP contribution in [0.3, 0.4) is 0 Å². The molecule has 0 saturated heterocycles. The molecule has 21 heavy (non-hydrogen) atoms. The summed E-state index contributed by atoms with van der Waals surface area (Å²) in [6, 6.07) is 11.6. The van der Waals surface area contributed by atoms with Crippen LogP contribution < -0.4 is 5.32 Å². The van der Waals surface area contributed by atoms with Gasteiger partial charge in [-0.05, 0) is 35.7 Å². The normalized spacial score (nSPS) is 12.5. The first-order chi connectivity index (χ1) is 10.2. The molecule has 2 nitrogen and oxygen atoms in total. The third-order valence-corrected chi connectivity index (χ3v) is 3.56. The minimum absolute atomic E-state index is 0.251. The molecule has 2 aromatic carbocycles. The number of benzene rings is 2. The molecule has 1 heterocycles. The van der Waals surface area contributed by atoms with E-state index in [1.165, 1.54) is 18.3 Å². The highest BCUT2D eigenvalue weighted by Gasteiger charge is 2.17. The van der Waals surface area contributed by atoms with Crippen LogP contribution in [0.5, 0.6) is 0 Å². The van der Waals surface area contributed by atoms with E-state index < -0.39 is 0 Å². The number of pyridine rings is 1. The van der Waals surface area contributed by atoms with Gasteiger partial charge in [0.1, 0.15) is 11.6 Å². The van der Waals surface area contributed by atoms with Crippen LogP contribution in [0.25, 0.3) is 10.8 Å². The summed E-state index contributed by atoms with van der Waals surface area (Å²) in [6.07, 6.45) is 2.78. The molecule has 1 N–H and O–H groups in total. The zero-order valence-electron chi connectivity index (χ0n) is 11.5. The van der Waals surface area contributed by atoms with Gasteiger partial charge in [0.15, 0.2) is 0 Å². The maximum absolute atomic E-state index is 13.9. The number of hydrogen-bond donors (Lipinski definition) is 1. The highest BCUT2D eigenvalue weighted by molar-refractivity contribution is 5.87. The molecular formula is C17H14F2N2. The Morgan fingerprint density at radius 3 is 2.48 bits per heavy atom. The van der Waals surface area contributed by atoms with Gasteiger partial charge in [-0.1, -0.05) is 30.3 Å². The summed E-state index contributed by atoms with van der Waals surface area (Å²) in [6.45, 7) is 0. The van der Waals surface area contributed by atoms with E-state index >= 15 is 0 Å². The predicted octanol–water partition coefficient (Wildman–Crippen LogP) is 3.82. The van der Waals surface area contributed by atoms with Crippen molar-refractivity contribution in [3.63, 3.8) is 0 Å². The van der Waals surface area contributed by atoms with Crippen LogP contribution in [0.1, 0.15) is 17.2 Å². The standard InChI is InChI=1S/C17H14F2N2/c1-20-17(11-8-12(18)10-21-9-11)15-6-7-16(19)14-5-3-2-4-13(14)15/h2-10,17,20H,1H3. The second-order valence-corrected chi connectivity index (χ2v) is 4.84. The minimum atomic E-state index is -0.390. The molecule has 0 aliphatic carbocycles. The third kappa shape index (κ3) is 2.50. The molecular weight excluding hydrogens is 270 g/mol. The van der Waals surface area contributed by atoms with Crippen LogP contribution in [0.2, 0.25) is 0 Å². The molecule has 0 radical (unpaired) electrons. The van der Waals surface area contributed by atoms with Crippen molar-refractivity contribution in [2.45, 2.75) is 6.04 Å². The van der Waals surface area contributed by atoms with E-state index in [-0.39, 0.29) is 17.7 Å². The SMILES string of the molecule is CNC(c1cncc(F)c1)c1ccc(F)c2ccccc12. The molecule has 3 aromatic rings. The van der Waals surface area contributed by atoms with Gasteiger partial charge < -0.3 is 5.32 Å². The largest absolute Gasteiger partial charge is 0.309 e. The zero-order valence-corrected chi connectivity index (χ0v) is 11.5. The Morgan fingerprint density at radius 1 is 1.00 bits per heavy atom. The maximum Gasteiger partial charge on any atom is 0.141 e. The Labute approximate surface area is 121 Å². The average molecular weight is 284 g/mol. The first kappa shape index (κ1) is 13.6. The number of aromatic nitrogens is 1. The van der Waals surface area contributed by atoms with E-state index in [0.29, 0.717) is 10.9 Å². The summed E-state index contributed by atoms with van der Waals surface area (Å²) in [5.41, 5.74) is 1.59. The van der Waals surface area contributed by atoms with Gasteiger partial charge >= 0.3 is 0 Å². The lowest BCUT2D eigenvalue weighted by molar-refractivity contribution is 0.608. The van der Waals surface area contributed by atoms with E-state index in [4.69, 9.17) is 0 Å². The maximum atomic E-state index is 13.9. The third-order valence-electron chi connectivity index (χ3n) is 3.56. The molecule has 106 valence electrons. The average Bonchev–Trinajstić information content (AvgIpc) is 2.51. The molecule has 0 aliphatic rings. The number of hydrogen-bond acceptors (Lipinski definition) is 2. The fourth-order valence-corrected chi connectivity index (χ4v) is 2.63. The van der Waals surface area contributed by atoms with Crippen molar-refractivity contribution in [1.29, 1.82) is 0 Å². The first-order valence-electron chi connectivity index (χ1n) is 6.65. The topological polar surface area (TPSA) is 24.9 Å². The van der Waals surface area contributed by atoms with Crippen LogP contribution in [0.15, 0.2) is 54.9 Å². The fraction of sp³-hybridized carbons (Fsp3) is 0.118. The van der Waals surface area contributed by atoms with Crippen molar-refractivity contribution in [3.05, 3.63) is 77.6 Å². The molecule has 0 amide bonds. The number of rotatable bonds is 3. The van der Waals surface area contributed by atoms with Crippen LogP contribution in [-0.4, -0.2) is 12.0 Å². The van der Waals surface area contributed by atoms with Crippen molar-refractivity contribution in [3.8, 4) is 0 Å². The van der Waals surface area contributed by atoms with Gasteiger partial charge in [-0.25, -0.2) is 8.78 Å². The number of fused-ring (bicyclic) bond motifs is 1. The fourth-order valence-electron chi connectivity index (χ4n) is 2.63. The van der Waals surface area contributed by atoms with Gasteiger partial charge in [-0.15, -0.1) is 0 Å². The number of nitrogens with zero attached hydrogens (tertiary/aromatic N) is 1. The molecule has 0 aliphatic heterocycles. The molecule has 1 atom stereocenters. The zero-order chi connectivity index (χ0) is 14.8. The Balaban J connectivity index is 2.20. The van der Waals surface area contributed by atoms with E-state index in [1.54, 1.807) is 31.4 Å². The monoisotopic (exact) mass is 284 g/mol. The Morgan fingerprint density at radius 2 is 1.76 bits per heavy atom. The molecule has 1 unspecified atom stereocenters. The van der Waals surface area contributed by atoms with Crippen LogP contribution in [-0.2, 0) is 0 Å². The lowest BCUT2D eigenvalue weighted by Gasteiger charge is -2.19. The molecule has 0 fully saturated rings. The summed E-state index contributed by atoms with van der Waals surface area (Å²) in [5, 5.41) is 4.51. The Bertz CT molecular complexity index is 787. The van der Waals surface area contributed by atoms with Crippen LogP contribution in [0, 0.1) is 11.6 Å². The van der Waals surface area contributed by atoms with Gasteiger partial charge in [0, 0.05) is 11.6 Å². The second-order valence-electron chi connectivity index (χ2n) is 4.84. The second kappa shape index (κ2) is 5.58. The smallest absolute Gasteiger partial charge is 0.141 e. The molecule has 1 aromatic heterocycles. The molecule has 3 rings (SSSR count).